The van der Waals surface area contributed by atoms with Gasteiger partial charge in [0.15, 0.2) is 5.96 Å². The van der Waals surface area contributed by atoms with Gasteiger partial charge in [-0.2, -0.15) is 0 Å². The molecule has 1 aromatic carbocycles. The molecule has 0 saturated heterocycles. The molecule has 0 radical (unpaired) electrons. The molecule has 0 amide bonds. The van der Waals surface area contributed by atoms with Crippen molar-refractivity contribution in [1.29, 1.82) is 0 Å². The Morgan fingerprint density at radius 1 is 1.30 bits per heavy atom. The number of methoxy groups -OCH3 is 1. The Balaban J connectivity index is 0.00000484. The van der Waals surface area contributed by atoms with Gasteiger partial charge < -0.3 is 20.3 Å². The summed E-state index contributed by atoms with van der Waals surface area (Å²) in [6.07, 6.45) is 1.82. The topological polar surface area (TPSA) is 48.9 Å². The molecular weight excluding hydrogens is 403 g/mol. The number of nitrogens with one attached hydrogen (secondary N) is 2. The molecular formula is C17H29IN4O. The molecule has 0 aliphatic rings. The first-order valence-electron chi connectivity index (χ1n) is 7.55. The number of guanidine groups is 1. The molecule has 0 aliphatic carbocycles. The molecule has 1 rings (SSSR count). The van der Waals surface area contributed by atoms with Gasteiger partial charge in [0.2, 0.25) is 0 Å². The van der Waals surface area contributed by atoms with Crippen LogP contribution in [0, 0.1) is 0 Å². The Morgan fingerprint density at radius 3 is 2.43 bits per heavy atom. The molecule has 23 heavy (non-hydrogen) atoms. The van der Waals surface area contributed by atoms with Crippen LogP contribution < -0.4 is 15.4 Å². The molecule has 0 fully saturated rings. The van der Waals surface area contributed by atoms with Gasteiger partial charge in [0.05, 0.1) is 19.7 Å². The van der Waals surface area contributed by atoms with Gasteiger partial charge in [0.25, 0.3) is 0 Å². The van der Waals surface area contributed by atoms with Gasteiger partial charge in [-0.05, 0) is 38.7 Å². The van der Waals surface area contributed by atoms with E-state index < -0.39 is 0 Å². The Morgan fingerprint density at radius 2 is 1.96 bits per heavy atom. The van der Waals surface area contributed by atoms with Crippen molar-refractivity contribution in [2.24, 2.45) is 4.99 Å². The molecule has 6 heteroatoms. The standard InChI is InChI=1S/C17H28N4O.HI/c1-6-12-19-17(18-7-2)20-13-16(21(3)4)14-8-10-15(22-5)11-9-14;/h6,8-11,16H,1,7,12-13H2,2-5H3,(H2,18,19,20);1H. The second kappa shape index (κ2) is 12.2. The molecule has 2 N–H and O–H groups in total. The molecule has 1 atom stereocenters. The van der Waals surface area contributed by atoms with Gasteiger partial charge in [-0.25, -0.2) is 0 Å². The maximum absolute atomic E-state index is 5.21. The summed E-state index contributed by atoms with van der Waals surface area (Å²) in [5, 5.41) is 6.45. The normalized spacial score (nSPS) is 12.3. The highest BCUT2D eigenvalue weighted by Crippen LogP contribution is 2.21. The summed E-state index contributed by atoms with van der Waals surface area (Å²) in [6, 6.07) is 8.35. The first-order valence-corrected chi connectivity index (χ1v) is 7.55. The van der Waals surface area contributed by atoms with E-state index >= 15 is 0 Å². The fourth-order valence-corrected chi connectivity index (χ4v) is 2.08. The van der Waals surface area contributed by atoms with Crippen LogP contribution in [0.1, 0.15) is 18.5 Å². The van der Waals surface area contributed by atoms with Crippen molar-refractivity contribution < 1.29 is 4.74 Å². The summed E-state index contributed by atoms with van der Waals surface area (Å²) in [5.41, 5.74) is 1.22. The van der Waals surface area contributed by atoms with E-state index in [4.69, 9.17) is 4.74 Å². The van der Waals surface area contributed by atoms with Crippen molar-refractivity contribution in [2.75, 3.05) is 40.8 Å². The van der Waals surface area contributed by atoms with Crippen molar-refractivity contribution in [3.05, 3.63) is 42.5 Å². The summed E-state index contributed by atoms with van der Waals surface area (Å²) in [5.74, 6) is 1.67. The summed E-state index contributed by atoms with van der Waals surface area (Å²) >= 11 is 0. The van der Waals surface area contributed by atoms with Crippen LogP contribution in [0.3, 0.4) is 0 Å². The van der Waals surface area contributed by atoms with Crippen LogP contribution in [0.2, 0.25) is 0 Å². The number of hydrogen-bond acceptors (Lipinski definition) is 3. The zero-order chi connectivity index (χ0) is 16.4. The van der Waals surface area contributed by atoms with Gasteiger partial charge in [-0.3, -0.25) is 4.99 Å². The number of rotatable bonds is 8. The number of benzene rings is 1. The molecule has 0 saturated carbocycles. The zero-order valence-corrected chi connectivity index (χ0v) is 16.8. The number of likely N-dealkylation sites (N-methyl/N-ethyl adjacent to an activating group) is 1. The van der Waals surface area contributed by atoms with E-state index in [1.165, 1.54) is 5.56 Å². The smallest absolute Gasteiger partial charge is 0.191 e. The Bertz CT molecular complexity index is 474. The third-order valence-electron chi connectivity index (χ3n) is 3.30. The van der Waals surface area contributed by atoms with E-state index in [1.807, 2.05) is 18.2 Å². The minimum Gasteiger partial charge on any atom is -0.497 e. The lowest BCUT2D eigenvalue weighted by atomic mass is 10.1. The number of ether oxygens (including phenoxy) is 1. The highest BCUT2D eigenvalue weighted by atomic mass is 127. The van der Waals surface area contributed by atoms with Crippen LogP contribution in [0.5, 0.6) is 5.75 Å². The lowest BCUT2D eigenvalue weighted by molar-refractivity contribution is 0.306. The number of halogens is 1. The van der Waals surface area contributed by atoms with Crippen LogP contribution in [0.25, 0.3) is 0 Å². The quantitative estimate of drug-likeness (QED) is 0.287. The van der Waals surface area contributed by atoms with E-state index in [2.05, 4.69) is 60.3 Å². The molecule has 0 aliphatic heterocycles. The molecule has 0 heterocycles. The monoisotopic (exact) mass is 432 g/mol. The van der Waals surface area contributed by atoms with E-state index in [9.17, 15) is 0 Å². The van der Waals surface area contributed by atoms with E-state index in [1.54, 1.807) is 7.11 Å². The number of aliphatic imine (C=N–C) groups is 1. The van der Waals surface area contributed by atoms with Gasteiger partial charge >= 0.3 is 0 Å². The molecule has 5 nitrogen and oxygen atoms in total. The van der Waals surface area contributed by atoms with Crippen LogP contribution in [0.15, 0.2) is 41.9 Å². The van der Waals surface area contributed by atoms with Crippen molar-refractivity contribution in [3.63, 3.8) is 0 Å². The van der Waals surface area contributed by atoms with Crippen molar-refractivity contribution in [1.82, 2.24) is 15.5 Å². The minimum absolute atomic E-state index is 0. The van der Waals surface area contributed by atoms with Gasteiger partial charge in [-0.15, -0.1) is 30.6 Å². The van der Waals surface area contributed by atoms with E-state index in [0.29, 0.717) is 13.1 Å². The van der Waals surface area contributed by atoms with Crippen LogP contribution in [0.4, 0.5) is 0 Å². The Labute approximate surface area is 157 Å². The van der Waals surface area contributed by atoms with Gasteiger partial charge in [-0.1, -0.05) is 18.2 Å². The summed E-state index contributed by atoms with van der Waals surface area (Å²) < 4.78 is 5.21. The van der Waals surface area contributed by atoms with E-state index in [-0.39, 0.29) is 30.0 Å². The Kier molecular flexibility index (Phi) is 11.5. The molecule has 0 aromatic heterocycles. The average Bonchev–Trinajstić information content (AvgIpc) is 2.53. The molecule has 1 aromatic rings. The zero-order valence-electron chi connectivity index (χ0n) is 14.5. The number of nitrogens with zero attached hydrogens (tertiary/aromatic N) is 2. The maximum Gasteiger partial charge on any atom is 0.191 e. The van der Waals surface area contributed by atoms with Gasteiger partial charge in [0, 0.05) is 13.1 Å². The fraction of sp³-hybridized carbons (Fsp3) is 0.471. The molecule has 0 bridgehead atoms. The third-order valence-corrected chi connectivity index (χ3v) is 3.30. The second-order valence-electron chi connectivity index (χ2n) is 5.14. The predicted molar refractivity (Wildman–Crippen MR) is 109 cm³/mol. The first kappa shape index (κ1) is 21.7. The predicted octanol–water partition coefficient (Wildman–Crippen LogP) is 2.66. The van der Waals surface area contributed by atoms with Crippen molar-refractivity contribution in [3.8, 4) is 5.75 Å². The third kappa shape index (κ3) is 7.69. The summed E-state index contributed by atoms with van der Waals surface area (Å²) in [7, 11) is 5.81. The van der Waals surface area contributed by atoms with Crippen molar-refractivity contribution >= 4 is 29.9 Å². The molecule has 0 spiro atoms. The van der Waals surface area contributed by atoms with Crippen LogP contribution >= 0.6 is 24.0 Å². The second-order valence-corrected chi connectivity index (χ2v) is 5.14. The van der Waals surface area contributed by atoms with E-state index in [0.717, 1.165) is 18.3 Å². The molecule has 130 valence electrons. The maximum atomic E-state index is 5.21. The average molecular weight is 432 g/mol. The lowest BCUT2D eigenvalue weighted by Gasteiger charge is -2.24. The Hall–Kier alpha value is -1.28. The fourth-order valence-electron chi connectivity index (χ4n) is 2.08. The highest BCUT2D eigenvalue weighted by molar-refractivity contribution is 14.0. The van der Waals surface area contributed by atoms with Crippen molar-refractivity contribution in [2.45, 2.75) is 13.0 Å². The highest BCUT2D eigenvalue weighted by Gasteiger charge is 2.14. The minimum atomic E-state index is 0. The summed E-state index contributed by atoms with van der Waals surface area (Å²) in [6.45, 7) is 7.97. The molecule has 1 unspecified atom stereocenters. The SMILES string of the molecule is C=CCNC(=NCC(c1ccc(OC)cc1)N(C)C)NCC.I. The van der Waals surface area contributed by atoms with Crippen LogP contribution in [-0.4, -0.2) is 51.7 Å². The summed E-state index contributed by atoms with van der Waals surface area (Å²) in [4.78, 5) is 6.83. The largest absolute Gasteiger partial charge is 0.497 e. The first-order chi connectivity index (χ1) is 10.6. The van der Waals surface area contributed by atoms with Gasteiger partial charge in [0.1, 0.15) is 5.75 Å². The number of hydrogen-bond donors (Lipinski definition) is 2. The van der Waals surface area contributed by atoms with Crippen LogP contribution in [-0.2, 0) is 0 Å². The lowest BCUT2D eigenvalue weighted by Crippen LogP contribution is -2.38.